The number of benzene rings is 2. The molecule has 35 heavy (non-hydrogen) atoms. The highest BCUT2D eigenvalue weighted by Crippen LogP contribution is 2.57. The molecular weight excluding hydrogens is 440 g/mol. The van der Waals surface area contributed by atoms with Crippen LogP contribution < -0.4 is 4.74 Å². The maximum Gasteiger partial charge on any atom is 0.157 e. The Bertz CT molecular complexity index is 1190. The van der Waals surface area contributed by atoms with Gasteiger partial charge in [-0.1, -0.05) is 68.0 Å². The fraction of sp³-hybridized carbons (Fsp3) is 0.400. The molecule has 2 N–H and O–H groups in total. The van der Waals surface area contributed by atoms with Crippen LogP contribution in [0.1, 0.15) is 91.1 Å². The number of hydrogen-bond acceptors (Lipinski definition) is 5. The standard InChI is InChI=1S/C30H34O5/c1-19-11-12-23-24(20-9-6-5-7-10-20)25-27(34)21(17-31)26(33)22(18-32)28(25)35-30(23,4)15-8-14-29(2,3)16-13-19/h5-10,13-14,17-18,23-24,33-34H,11-12,15-16H2,1-4H3/b14-8-,19-13-/t23-,24+,30+/m1/s1. The maximum atomic E-state index is 12.1. The molecule has 0 saturated heterocycles. The van der Waals surface area contributed by atoms with Crippen molar-refractivity contribution in [2.75, 3.05) is 0 Å². The smallest absolute Gasteiger partial charge is 0.157 e. The molecular formula is C30H34O5. The average molecular weight is 475 g/mol. The quantitative estimate of drug-likeness (QED) is 0.381. The van der Waals surface area contributed by atoms with Crippen molar-refractivity contribution in [3.8, 4) is 17.2 Å². The van der Waals surface area contributed by atoms with Crippen molar-refractivity contribution in [3.63, 3.8) is 0 Å². The second-order valence-electron chi connectivity index (χ2n) is 10.8. The summed E-state index contributed by atoms with van der Waals surface area (Å²) < 4.78 is 6.60. The largest absolute Gasteiger partial charge is 0.507 e. The number of aromatic hydroxyl groups is 2. The highest BCUT2D eigenvalue weighted by Gasteiger charge is 2.49. The number of fused-ring (bicyclic) bond motifs is 2. The Morgan fingerprint density at radius 2 is 1.66 bits per heavy atom. The van der Waals surface area contributed by atoms with Crippen LogP contribution in [0.5, 0.6) is 17.2 Å². The van der Waals surface area contributed by atoms with Crippen molar-refractivity contribution in [1.82, 2.24) is 0 Å². The number of hydrogen-bond donors (Lipinski definition) is 2. The van der Waals surface area contributed by atoms with Crippen LogP contribution in [0.15, 0.2) is 54.1 Å². The molecule has 1 heterocycles. The minimum absolute atomic E-state index is 0.00772. The molecule has 0 saturated carbocycles. The first-order valence-electron chi connectivity index (χ1n) is 12.2. The van der Waals surface area contributed by atoms with E-state index in [9.17, 15) is 19.8 Å². The van der Waals surface area contributed by atoms with E-state index in [-0.39, 0.29) is 39.9 Å². The van der Waals surface area contributed by atoms with E-state index >= 15 is 0 Å². The Morgan fingerprint density at radius 3 is 2.31 bits per heavy atom. The number of carbonyl (C=O) groups is 2. The predicted octanol–water partition coefficient (Wildman–Crippen LogP) is 6.72. The summed E-state index contributed by atoms with van der Waals surface area (Å²) in [6.45, 7) is 8.60. The van der Waals surface area contributed by atoms with Gasteiger partial charge in [-0.3, -0.25) is 9.59 Å². The Labute approximate surface area is 207 Å². The van der Waals surface area contributed by atoms with Gasteiger partial charge in [-0.25, -0.2) is 0 Å². The van der Waals surface area contributed by atoms with Crippen LogP contribution in [0.25, 0.3) is 0 Å². The number of phenolic OH excluding ortho intramolecular Hbond substituents is 2. The van der Waals surface area contributed by atoms with Gasteiger partial charge < -0.3 is 14.9 Å². The summed E-state index contributed by atoms with van der Waals surface area (Å²) in [5.41, 5.74) is 1.54. The van der Waals surface area contributed by atoms with Gasteiger partial charge in [0, 0.05) is 23.8 Å². The van der Waals surface area contributed by atoms with Crippen LogP contribution >= 0.6 is 0 Å². The Hall–Kier alpha value is -3.34. The summed E-state index contributed by atoms with van der Waals surface area (Å²) in [5.74, 6) is -1.12. The molecule has 0 spiro atoms. The van der Waals surface area contributed by atoms with Gasteiger partial charge in [0.2, 0.25) is 0 Å². The summed E-state index contributed by atoms with van der Waals surface area (Å²) in [4.78, 5) is 23.9. The summed E-state index contributed by atoms with van der Waals surface area (Å²) in [6.07, 6.45) is 10.7. The van der Waals surface area contributed by atoms with Gasteiger partial charge in [-0.2, -0.15) is 0 Å². The summed E-state index contributed by atoms with van der Waals surface area (Å²) >= 11 is 0. The molecule has 184 valence electrons. The van der Waals surface area contributed by atoms with E-state index in [1.54, 1.807) is 0 Å². The van der Waals surface area contributed by atoms with Crippen molar-refractivity contribution >= 4 is 12.6 Å². The van der Waals surface area contributed by atoms with Crippen LogP contribution in [0.3, 0.4) is 0 Å². The van der Waals surface area contributed by atoms with Gasteiger partial charge in [0.15, 0.2) is 12.6 Å². The number of aldehydes is 2. The fourth-order valence-corrected chi connectivity index (χ4v) is 5.57. The number of phenols is 2. The fourth-order valence-electron chi connectivity index (χ4n) is 5.57. The van der Waals surface area contributed by atoms with Crippen molar-refractivity contribution < 1.29 is 24.5 Å². The van der Waals surface area contributed by atoms with E-state index in [0.29, 0.717) is 24.6 Å². The molecule has 0 fully saturated rings. The Kier molecular flexibility index (Phi) is 6.63. The lowest BCUT2D eigenvalue weighted by Crippen LogP contribution is -2.47. The van der Waals surface area contributed by atoms with E-state index < -0.39 is 11.4 Å². The lowest BCUT2D eigenvalue weighted by Gasteiger charge is -2.48. The third-order valence-corrected chi connectivity index (χ3v) is 7.66. The zero-order valence-corrected chi connectivity index (χ0v) is 20.9. The van der Waals surface area contributed by atoms with E-state index in [1.807, 2.05) is 37.3 Å². The molecule has 0 aromatic heterocycles. The molecule has 0 unspecified atom stereocenters. The molecule has 5 nitrogen and oxygen atoms in total. The predicted molar refractivity (Wildman–Crippen MR) is 137 cm³/mol. The first kappa shape index (κ1) is 24.8. The molecule has 2 aromatic carbocycles. The Morgan fingerprint density at radius 1 is 0.971 bits per heavy atom. The topological polar surface area (TPSA) is 83.8 Å². The van der Waals surface area contributed by atoms with Crippen LogP contribution in [-0.4, -0.2) is 28.4 Å². The third-order valence-electron chi connectivity index (χ3n) is 7.66. The molecule has 0 bridgehead atoms. The molecule has 5 heteroatoms. The molecule has 1 aliphatic carbocycles. The summed E-state index contributed by atoms with van der Waals surface area (Å²) in [7, 11) is 0. The molecule has 4 rings (SSSR count). The van der Waals surface area contributed by atoms with E-state index in [0.717, 1.165) is 24.8 Å². The molecule has 1 aliphatic heterocycles. The average Bonchev–Trinajstić information content (AvgIpc) is 2.83. The normalized spacial score (nSPS) is 28.2. The van der Waals surface area contributed by atoms with Crippen molar-refractivity contribution in [1.29, 1.82) is 0 Å². The van der Waals surface area contributed by atoms with Crippen molar-refractivity contribution in [2.45, 2.75) is 64.9 Å². The Balaban J connectivity index is 2.01. The van der Waals surface area contributed by atoms with Crippen molar-refractivity contribution in [2.24, 2.45) is 11.3 Å². The van der Waals surface area contributed by atoms with E-state index in [1.165, 1.54) is 5.57 Å². The van der Waals surface area contributed by atoms with Gasteiger partial charge in [0.05, 0.1) is 11.1 Å². The van der Waals surface area contributed by atoms with Crippen LogP contribution in [0.2, 0.25) is 0 Å². The molecule has 3 atom stereocenters. The monoisotopic (exact) mass is 474 g/mol. The SMILES string of the molecule is C/C1=C/CC(C)(C)/C=C\C[C@]2(C)Oc3c(C=O)c(O)c(C=O)c(O)c3[C@@H](c3ccccc3)[C@H]2CC1. The molecule has 2 aliphatic rings. The highest BCUT2D eigenvalue weighted by atomic mass is 16.5. The number of allylic oxidation sites excluding steroid dienone is 3. The van der Waals surface area contributed by atoms with Gasteiger partial charge in [-0.05, 0) is 44.1 Å². The second kappa shape index (κ2) is 9.37. The molecule has 0 radical (unpaired) electrons. The maximum absolute atomic E-state index is 12.1. The van der Waals surface area contributed by atoms with Gasteiger partial charge in [0.25, 0.3) is 0 Å². The first-order chi connectivity index (χ1) is 16.6. The lowest BCUT2D eigenvalue weighted by molar-refractivity contribution is -0.00275. The molecule has 2 aromatic rings. The number of carbonyl (C=O) groups excluding carboxylic acids is 2. The van der Waals surface area contributed by atoms with Crippen molar-refractivity contribution in [3.05, 3.63) is 76.4 Å². The second-order valence-corrected chi connectivity index (χ2v) is 10.8. The first-order valence-corrected chi connectivity index (χ1v) is 12.2. The van der Waals surface area contributed by atoms with E-state index in [2.05, 4.69) is 39.0 Å². The highest BCUT2D eigenvalue weighted by molar-refractivity contribution is 5.95. The summed E-state index contributed by atoms with van der Waals surface area (Å²) in [6, 6.07) is 9.82. The zero-order valence-electron chi connectivity index (χ0n) is 20.9. The van der Waals surface area contributed by atoms with Gasteiger partial charge >= 0.3 is 0 Å². The number of rotatable bonds is 3. The summed E-state index contributed by atoms with van der Waals surface area (Å²) in [5, 5.41) is 21.9. The van der Waals surface area contributed by atoms with Gasteiger partial charge in [0.1, 0.15) is 22.8 Å². The zero-order chi connectivity index (χ0) is 25.4. The minimum atomic E-state index is -0.718. The lowest BCUT2D eigenvalue weighted by atomic mass is 9.66. The van der Waals surface area contributed by atoms with Gasteiger partial charge in [-0.15, -0.1) is 0 Å². The van der Waals surface area contributed by atoms with Crippen LogP contribution in [0, 0.1) is 11.3 Å². The third kappa shape index (κ3) is 4.52. The molecule has 0 amide bonds. The number of ether oxygens (including phenoxy) is 1. The minimum Gasteiger partial charge on any atom is -0.507 e. The van der Waals surface area contributed by atoms with Crippen LogP contribution in [-0.2, 0) is 0 Å². The van der Waals surface area contributed by atoms with E-state index in [4.69, 9.17) is 4.74 Å². The van der Waals surface area contributed by atoms with Crippen LogP contribution in [0.4, 0.5) is 0 Å².